The summed E-state index contributed by atoms with van der Waals surface area (Å²) in [7, 11) is 5.65. The SMILES string of the molecule is C=CCN(C)C(=O)C1CC(O)C(O)C2NC(=S)N(c3ccc(N(C)C)cc3)C12. The van der Waals surface area contributed by atoms with Crippen molar-refractivity contribution < 1.29 is 15.0 Å². The molecule has 0 aromatic heterocycles. The predicted molar refractivity (Wildman–Crippen MR) is 115 cm³/mol. The molecule has 5 unspecified atom stereocenters. The Hall–Kier alpha value is -2.16. The first-order valence-electron chi connectivity index (χ1n) is 9.35. The van der Waals surface area contributed by atoms with E-state index >= 15 is 0 Å². The number of aliphatic hydroxyl groups excluding tert-OH is 2. The molecule has 7 nitrogen and oxygen atoms in total. The maximum atomic E-state index is 13.1. The third-order valence-electron chi connectivity index (χ3n) is 5.59. The molecule has 1 amide bonds. The fraction of sp³-hybridized carbons (Fsp3) is 0.500. The predicted octanol–water partition coefficient (Wildman–Crippen LogP) is 0.570. The van der Waals surface area contributed by atoms with Crippen molar-refractivity contribution in [3.63, 3.8) is 0 Å². The van der Waals surface area contributed by atoms with Crippen LogP contribution in [0.1, 0.15) is 6.42 Å². The summed E-state index contributed by atoms with van der Waals surface area (Å²) in [6.07, 6.45) is -0.140. The topological polar surface area (TPSA) is 79.3 Å². The van der Waals surface area contributed by atoms with Crippen LogP contribution in [0.3, 0.4) is 0 Å². The monoisotopic (exact) mass is 404 g/mol. The summed E-state index contributed by atoms with van der Waals surface area (Å²) in [6.45, 7) is 4.11. The summed E-state index contributed by atoms with van der Waals surface area (Å²) >= 11 is 5.54. The van der Waals surface area contributed by atoms with E-state index in [4.69, 9.17) is 12.2 Å². The molecule has 2 aliphatic rings. The number of anilines is 2. The lowest BCUT2D eigenvalue weighted by atomic mass is 9.77. The zero-order chi connectivity index (χ0) is 20.6. The molecule has 1 aromatic rings. The highest BCUT2D eigenvalue weighted by atomic mass is 32.1. The van der Waals surface area contributed by atoms with E-state index in [1.54, 1.807) is 18.0 Å². The van der Waals surface area contributed by atoms with Gasteiger partial charge < -0.3 is 30.2 Å². The fourth-order valence-corrected chi connectivity index (χ4v) is 4.47. The summed E-state index contributed by atoms with van der Waals surface area (Å²) in [5.41, 5.74) is 1.90. The number of carbonyl (C=O) groups is 1. The van der Waals surface area contributed by atoms with Gasteiger partial charge in [-0.05, 0) is 42.9 Å². The number of likely N-dealkylation sites (N-methyl/N-ethyl adjacent to an activating group) is 1. The minimum Gasteiger partial charge on any atom is -0.390 e. The molecular formula is C20H28N4O3S. The molecule has 8 heteroatoms. The van der Waals surface area contributed by atoms with Gasteiger partial charge in [0.05, 0.1) is 24.1 Å². The summed E-state index contributed by atoms with van der Waals surface area (Å²) in [6, 6.07) is 6.99. The number of aliphatic hydroxyl groups is 2. The van der Waals surface area contributed by atoms with Gasteiger partial charge in [-0.15, -0.1) is 6.58 Å². The van der Waals surface area contributed by atoms with E-state index in [9.17, 15) is 15.0 Å². The number of nitrogens with one attached hydrogen (secondary N) is 1. The summed E-state index contributed by atoms with van der Waals surface area (Å²) in [4.78, 5) is 18.6. The zero-order valence-electron chi connectivity index (χ0n) is 16.4. The van der Waals surface area contributed by atoms with Crippen LogP contribution < -0.4 is 15.1 Å². The Morgan fingerprint density at radius 1 is 1.32 bits per heavy atom. The average Bonchev–Trinajstić information content (AvgIpc) is 3.01. The number of hydrogen-bond donors (Lipinski definition) is 3. The van der Waals surface area contributed by atoms with Crippen LogP contribution in [-0.2, 0) is 4.79 Å². The van der Waals surface area contributed by atoms with Crippen molar-refractivity contribution >= 4 is 34.6 Å². The van der Waals surface area contributed by atoms with Gasteiger partial charge in [0.2, 0.25) is 5.91 Å². The number of amides is 1. The van der Waals surface area contributed by atoms with Gasteiger partial charge in [-0.3, -0.25) is 4.79 Å². The van der Waals surface area contributed by atoms with E-state index in [-0.39, 0.29) is 18.4 Å². The number of nitrogens with zero attached hydrogens (tertiary/aromatic N) is 3. The van der Waals surface area contributed by atoms with Crippen molar-refractivity contribution in [3.8, 4) is 0 Å². The maximum absolute atomic E-state index is 13.1. The molecule has 1 aliphatic heterocycles. The van der Waals surface area contributed by atoms with E-state index in [0.29, 0.717) is 11.7 Å². The average molecular weight is 405 g/mol. The van der Waals surface area contributed by atoms with Gasteiger partial charge in [-0.25, -0.2) is 0 Å². The molecule has 0 radical (unpaired) electrons. The molecule has 28 heavy (non-hydrogen) atoms. The summed E-state index contributed by atoms with van der Waals surface area (Å²) in [5, 5.41) is 24.5. The number of carbonyl (C=O) groups excluding carboxylic acids is 1. The van der Waals surface area contributed by atoms with Gasteiger partial charge in [0.1, 0.15) is 6.10 Å². The highest BCUT2D eigenvalue weighted by Gasteiger charge is 2.54. The van der Waals surface area contributed by atoms with Crippen LogP contribution in [0.4, 0.5) is 11.4 Å². The van der Waals surface area contributed by atoms with Crippen molar-refractivity contribution in [2.75, 3.05) is 37.5 Å². The Morgan fingerprint density at radius 2 is 1.96 bits per heavy atom. The molecule has 0 bridgehead atoms. The smallest absolute Gasteiger partial charge is 0.227 e. The molecular weight excluding hydrogens is 376 g/mol. The second-order valence-electron chi connectivity index (χ2n) is 7.65. The molecule has 1 saturated heterocycles. The molecule has 3 rings (SSSR count). The van der Waals surface area contributed by atoms with Gasteiger partial charge in [-0.2, -0.15) is 0 Å². The molecule has 1 aliphatic carbocycles. The highest BCUT2D eigenvalue weighted by Crippen LogP contribution is 2.37. The molecule has 2 fully saturated rings. The van der Waals surface area contributed by atoms with Crippen LogP contribution >= 0.6 is 12.2 Å². The van der Waals surface area contributed by atoms with Crippen molar-refractivity contribution in [2.45, 2.75) is 30.7 Å². The molecule has 0 spiro atoms. The maximum Gasteiger partial charge on any atom is 0.227 e. The largest absolute Gasteiger partial charge is 0.390 e. The quantitative estimate of drug-likeness (QED) is 0.489. The van der Waals surface area contributed by atoms with Gasteiger partial charge in [0.25, 0.3) is 0 Å². The number of hydrogen-bond acceptors (Lipinski definition) is 5. The van der Waals surface area contributed by atoms with Crippen molar-refractivity contribution in [2.24, 2.45) is 5.92 Å². The molecule has 152 valence electrons. The van der Waals surface area contributed by atoms with Gasteiger partial charge >= 0.3 is 0 Å². The Balaban J connectivity index is 1.97. The summed E-state index contributed by atoms with van der Waals surface area (Å²) < 4.78 is 0. The van der Waals surface area contributed by atoms with Crippen LogP contribution in [0.5, 0.6) is 0 Å². The Morgan fingerprint density at radius 3 is 2.54 bits per heavy atom. The van der Waals surface area contributed by atoms with Gasteiger partial charge in [-0.1, -0.05) is 6.08 Å². The van der Waals surface area contributed by atoms with Gasteiger partial charge in [0, 0.05) is 39.1 Å². The minimum absolute atomic E-state index is 0.0951. The molecule has 3 N–H and O–H groups in total. The first-order chi connectivity index (χ1) is 13.3. The Labute approximate surface area is 171 Å². The van der Waals surface area contributed by atoms with Crippen LogP contribution in [0.2, 0.25) is 0 Å². The molecule has 1 aromatic carbocycles. The minimum atomic E-state index is -0.997. The van der Waals surface area contributed by atoms with Crippen LogP contribution in [0.15, 0.2) is 36.9 Å². The molecule has 1 heterocycles. The Bertz CT molecular complexity index is 754. The number of fused-ring (bicyclic) bond motifs is 1. The first-order valence-corrected chi connectivity index (χ1v) is 9.76. The normalized spacial score (nSPS) is 29.1. The lowest BCUT2D eigenvalue weighted by molar-refractivity contribution is -0.139. The number of thiocarbonyl (C=S) groups is 1. The van der Waals surface area contributed by atoms with Crippen molar-refractivity contribution in [3.05, 3.63) is 36.9 Å². The standard InChI is InChI=1S/C20H28N4O3S/c1-5-10-23(4)19(27)14-11-15(25)18(26)16-17(14)24(20(28)21-16)13-8-6-12(7-9-13)22(2)3/h5-9,14-18,25-26H,1,10-11H2,2-4H3,(H,21,28). The summed E-state index contributed by atoms with van der Waals surface area (Å²) in [5.74, 6) is -0.600. The lowest BCUT2D eigenvalue weighted by Gasteiger charge is -2.42. The molecule has 5 atom stereocenters. The van der Waals surface area contributed by atoms with E-state index < -0.39 is 24.2 Å². The second kappa shape index (κ2) is 8.06. The number of benzene rings is 1. The van der Waals surface area contributed by atoms with Gasteiger partial charge in [0.15, 0.2) is 5.11 Å². The second-order valence-corrected chi connectivity index (χ2v) is 8.04. The lowest BCUT2D eigenvalue weighted by Crippen LogP contribution is -2.61. The van der Waals surface area contributed by atoms with Crippen molar-refractivity contribution in [1.29, 1.82) is 0 Å². The molecule has 1 saturated carbocycles. The van der Waals surface area contributed by atoms with Crippen LogP contribution in [-0.4, -0.2) is 78.1 Å². The van der Waals surface area contributed by atoms with Crippen molar-refractivity contribution in [1.82, 2.24) is 10.2 Å². The fourth-order valence-electron chi connectivity index (χ4n) is 4.10. The third-order valence-corrected chi connectivity index (χ3v) is 5.90. The third kappa shape index (κ3) is 3.59. The number of rotatable bonds is 5. The zero-order valence-corrected chi connectivity index (χ0v) is 17.3. The Kier molecular flexibility index (Phi) is 5.92. The van der Waals surface area contributed by atoms with Crippen LogP contribution in [0.25, 0.3) is 0 Å². The highest BCUT2D eigenvalue weighted by molar-refractivity contribution is 7.80. The van der Waals surface area contributed by atoms with E-state index in [1.807, 2.05) is 48.2 Å². The van der Waals surface area contributed by atoms with Crippen LogP contribution in [0, 0.1) is 5.92 Å². The van der Waals surface area contributed by atoms with E-state index in [1.165, 1.54) is 0 Å². The van der Waals surface area contributed by atoms with E-state index in [0.717, 1.165) is 11.4 Å². The van der Waals surface area contributed by atoms with E-state index in [2.05, 4.69) is 11.9 Å². The first kappa shape index (κ1) is 20.6.